The zero-order valence-electron chi connectivity index (χ0n) is 11.8. The molecule has 5 heteroatoms. The van der Waals surface area contributed by atoms with Gasteiger partial charge < -0.3 is 10.6 Å². The Morgan fingerprint density at radius 2 is 2.19 bits per heavy atom. The van der Waals surface area contributed by atoms with Crippen molar-refractivity contribution in [2.45, 2.75) is 18.9 Å². The lowest BCUT2D eigenvalue weighted by Gasteiger charge is -2.17. The van der Waals surface area contributed by atoms with E-state index in [1.165, 1.54) is 0 Å². The first kappa shape index (κ1) is 14.6. The molecule has 1 unspecified atom stereocenters. The molecule has 1 atom stereocenters. The van der Waals surface area contributed by atoms with Crippen LogP contribution in [0.3, 0.4) is 0 Å². The molecule has 3 nitrogen and oxygen atoms in total. The van der Waals surface area contributed by atoms with Crippen molar-refractivity contribution in [1.29, 1.82) is 0 Å². The van der Waals surface area contributed by atoms with Crippen LogP contribution in [0.4, 0.5) is 0 Å². The first-order valence-corrected chi connectivity index (χ1v) is 8.22. The Hall–Kier alpha value is -1.36. The van der Waals surface area contributed by atoms with Crippen molar-refractivity contribution < 1.29 is 4.79 Å². The number of aryl methyl sites for hydroxylation is 1. The summed E-state index contributed by atoms with van der Waals surface area (Å²) in [6.45, 7) is 0.749. The Morgan fingerprint density at radius 1 is 1.33 bits per heavy atom. The number of amides is 1. The Balaban J connectivity index is 2.00. The molecule has 1 amide bonds. The fourth-order valence-corrected chi connectivity index (χ4v) is 3.93. The van der Waals surface area contributed by atoms with Gasteiger partial charge in [0.15, 0.2) is 0 Å². The van der Waals surface area contributed by atoms with Crippen molar-refractivity contribution in [2.75, 3.05) is 13.6 Å². The van der Waals surface area contributed by atoms with Gasteiger partial charge in [0, 0.05) is 17.0 Å². The smallest absolute Gasteiger partial charge is 0.251 e. The molecule has 0 fully saturated rings. The Morgan fingerprint density at radius 3 is 2.90 bits per heavy atom. The van der Waals surface area contributed by atoms with E-state index >= 15 is 0 Å². The van der Waals surface area contributed by atoms with Crippen LogP contribution in [0.5, 0.6) is 0 Å². The lowest BCUT2D eigenvalue weighted by atomic mass is 9.97. The third-order valence-electron chi connectivity index (χ3n) is 3.79. The summed E-state index contributed by atoms with van der Waals surface area (Å²) in [5.41, 5.74) is 3.02. The van der Waals surface area contributed by atoms with E-state index in [1.807, 2.05) is 25.2 Å². The summed E-state index contributed by atoms with van der Waals surface area (Å²) in [7, 11) is 1.92. The number of rotatable bonds is 3. The van der Waals surface area contributed by atoms with Crippen molar-refractivity contribution in [2.24, 2.45) is 0 Å². The third-order valence-corrected chi connectivity index (χ3v) is 5.08. The van der Waals surface area contributed by atoms with Crippen LogP contribution < -0.4 is 10.6 Å². The molecule has 1 aromatic heterocycles. The van der Waals surface area contributed by atoms with E-state index in [9.17, 15) is 4.79 Å². The molecule has 0 aliphatic carbocycles. The van der Waals surface area contributed by atoms with Gasteiger partial charge in [-0.3, -0.25) is 4.79 Å². The maximum Gasteiger partial charge on any atom is 0.251 e. The minimum atomic E-state index is 0.0309. The van der Waals surface area contributed by atoms with Crippen LogP contribution in [0.2, 0.25) is 4.34 Å². The molecular formula is C16H17ClN2OS. The molecule has 21 heavy (non-hydrogen) atoms. The summed E-state index contributed by atoms with van der Waals surface area (Å²) in [6, 6.07) is 10.2. The second kappa shape index (κ2) is 6.18. The van der Waals surface area contributed by atoms with E-state index in [1.54, 1.807) is 11.3 Å². The second-order valence-corrected chi connectivity index (χ2v) is 6.89. The van der Waals surface area contributed by atoms with Crippen molar-refractivity contribution in [3.05, 3.63) is 56.2 Å². The standard InChI is InChI=1S/C16H17ClN2OS/c1-18-15(13-6-7-14(17)21-13)11-5-4-10-3-2-8-19-16(20)12(10)9-11/h4-7,9,15,18H,2-3,8H2,1H3,(H,19,20). The molecule has 3 rings (SSSR count). The molecule has 110 valence electrons. The zero-order valence-corrected chi connectivity index (χ0v) is 13.4. The summed E-state index contributed by atoms with van der Waals surface area (Å²) in [6.07, 6.45) is 1.94. The highest BCUT2D eigenvalue weighted by Gasteiger charge is 2.19. The fourth-order valence-electron chi connectivity index (χ4n) is 2.74. The average Bonchev–Trinajstić information content (AvgIpc) is 2.82. The highest BCUT2D eigenvalue weighted by Crippen LogP contribution is 2.32. The number of fused-ring (bicyclic) bond motifs is 1. The number of hydrogen-bond donors (Lipinski definition) is 2. The van der Waals surface area contributed by atoms with Crippen molar-refractivity contribution in [3.63, 3.8) is 0 Å². The fraction of sp³-hybridized carbons (Fsp3) is 0.312. The van der Waals surface area contributed by atoms with Crippen molar-refractivity contribution in [1.82, 2.24) is 10.6 Å². The molecule has 0 bridgehead atoms. The largest absolute Gasteiger partial charge is 0.352 e. The van der Waals surface area contributed by atoms with E-state index in [0.717, 1.165) is 45.3 Å². The SMILES string of the molecule is CNC(c1ccc2c(c1)C(=O)NCCC2)c1ccc(Cl)s1. The summed E-state index contributed by atoms with van der Waals surface area (Å²) in [4.78, 5) is 13.3. The Labute approximate surface area is 133 Å². The van der Waals surface area contributed by atoms with E-state index in [4.69, 9.17) is 11.6 Å². The predicted octanol–water partition coefficient (Wildman–Crippen LogP) is 3.39. The zero-order chi connectivity index (χ0) is 14.8. The van der Waals surface area contributed by atoms with Crippen LogP contribution in [0.1, 0.15) is 38.8 Å². The van der Waals surface area contributed by atoms with Gasteiger partial charge in [-0.25, -0.2) is 0 Å². The second-order valence-electron chi connectivity index (χ2n) is 5.14. The van der Waals surface area contributed by atoms with Crippen LogP contribution in [-0.2, 0) is 6.42 Å². The van der Waals surface area contributed by atoms with Gasteiger partial charge in [0.05, 0.1) is 10.4 Å². The van der Waals surface area contributed by atoms with E-state index in [0.29, 0.717) is 0 Å². The summed E-state index contributed by atoms with van der Waals surface area (Å²) in [5.74, 6) is 0.0309. The summed E-state index contributed by atoms with van der Waals surface area (Å²) >= 11 is 7.60. The Kier molecular flexibility index (Phi) is 4.29. The monoisotopic (exact) mass is 320 g/mol. The lowest BCUT2D eigenvalue weighted by Crippen LogP contribution is -2.23. The highest BCUT2D eigenvalue weighted by atomic mass is 35.5. The molecule has 2 aromatic rings. The average molecular weight is 321 g/mol. The Bertz CT molecular complexity index is 668. The van der Waals surface area contributed by atoms with Crippen LogP contribution in [0, 0.1) is 0 Å². The maximum atomic E-state index is 12.2. The highest BCUT2D eigenvalue weighted by molar-refractivity contribution is 7.16. The molecule has 2 heterocycles. The van der Waals surface area contributed by atoms with E-state index in [-0.39, 0.29) is 11.9 Å². The van der Waals surface area contributed by atoms with E-state index in [2.05, 4.69) is 22.8 Å². The topological polar surface area (TPSA) is 41.1 Å². The minimum absolute atomic E-state index is 0.0309. The number of halogens is 1. The van der Waals surface area contributed by atoms with Crippen LogP contribution in [-0.4, -0.2) is 19.5 Å². The van der Waals surface area contributed by atoms with Gasteiger partial charge in [0.1, 0.15) is 0 Å². The molecule has 0 saturated heterocycles. The van der Waals surface area contributed by atoms with Crippen molar-refractivity contribution >= 4 is 28.8 Å². The number of carbonyl (C=O) groups is 1. The molecule has 1 aliphatic heterocycles. The van der Waals surface area contributed by atoms with Gasteiger partial charge >= 0.3 is 0 Å². The number of carbonyl (C=O) groups excluding carboxylic acids is 1. The van der Waals surface area contributed by atoms with Gasteiger partial charge in [-0.1, -0.05) is 23.7 Å². The van der Waals surface area contributed by atoms with Crippen LogP contribution in [0.15, 0.2) is 30.3 Å². The van der Waals surface area contributed by atoms with Crippen LogP contribution >= 0.6 is 22.9 Å². The quantitative estimate of drug-likeness (QED) is 0.910. The normalized spacial score (nSPS) is 16.0. The lowest BCUT2D eigenvalue weighted by molar-refractivity contribution is 0.0956. The van der Waals surface area contributed by atoms with Crippen molar-refractivity contribution in [3.8, 4) is 0 Å². The predicted molar refractivity (Wildman–Crippen MR) is 87.3 cm³/mol. The number of nitrogens with one attached hydrogen (secondary N) is 2. The molecule has 0 spiro atoms. The molecule has 1 aliphatic rings. The van der Waals surface area contributed by atoms with Gasteiger partial charge in [-0.2, -0.15) is 0 Å². The maximum absolute atomic E-state index is 12.2. The molecule has 1 aromatic carbocycles. The number of hydrogen-bond acceptors (Lipinski definition) is 3. The van der Waals surface area contributed by atoms with Gasteiger partial charge in [0.2, 0.25) is 0 Å². The first-order chi connectivity index (χ1) is 10.2. The van der Waals surface area contributed by atoms with Gasteiger partial charge in [0.25, 0.3) is 5.91 Å². The molecule has 0 radical (unpaired) electrons. The molecular weight excluding hydrogens is 304 g/mol. The minimum Gasteiger partial charge on any atom is -0.352 e. The first-order valence-electron chi connectivity index (χ1n) is 7.02. The van der Waals surface area contributed by atoms with Crippen LogP contribution in [0.25, 0.3) is 0 Å². The number of thiophene rings is 1. The number of benzene rings is 1. The van der Waals surface area contributed by atoms with Gasteiger partial charge in [-0.15, -0.1) is 11.3 Å². The third kappa shape index (κ3) is 2.98. The summed E-state index contributed by atoms with van der Waals surface area (Å²) < 4.78 is 0.776. The van der Waals surface area contributed by atoms with Gasteiger partial charge in [-0.05, 0) is 49.2 Å². The summed E-state index contributed by atoms with van der Waals surface area (Å²) in [5, 5.41) is 6.26. The van der Waals surface area contributed by atoms with E-state index < -0.39 is 0 Å². The molecule has 2 N–H and O–H groups in total. The molecule has 0 saturated carbocycles.